The van der Waals surface area contributed by atoms with Crippen molar-refractivity contribution in [3.8, 4) is 17.2 Å². The molecule has 1 aromatic rings. The van der Waals surface area contributed by atoms with Crippen LogP contribution in [0.4, 0.5) is 0 Å². The SMILES string of the molecule is CC1(C)CCC[C@]2(C)[C@H]3Cc4cc(O)c(O)cc4O[C@@]3(C)CC[C@@H]12. The number of phenolic OH excluding ortho intramolecular Hbond substituents is 2. The molecule has 1 aliphatic heterocycles. The van der Waals surface area contributed by atoms with E-state index in [1.807, 2.05) is 0 Å². The van der Waals surface area contributed by atoms with Gasteiger partial charge in [-0.05, 0) is 67.4 Å². The molecule has 0 bridgehead atoms. The number of hydrogen-bond donors (Lipinski definition) is 2. The van der Waals surface area contributed by atoms with Gasteiger partial charge < -0.3 is 14.9 Å². The molecule has 2 fully saturated rings. The molecule has 0 unspecified atom stereocenters. The molecule has 1 heterocycles. The first-order valence-electron chi connectivity index (χ1n) is 9.40. The molecule has 2 saturated carbocycles. The molecule has 2 N–H and O–H groups in total. The van der Waals surface area contributed by atoms with E-state index in [2.05, 4.69) is 27.7 Å². The number of rotatable bonds is 0. The van der Waals surface area contributed by atoms with Crippen LogP contribution in [-0.4, -0.2) is 15.8 Å². The smallest absolute Gasteiger partial charge is 0.161 e. The van der Waals surface area contributed by atoms with E-state index in [9.17, 15) is 10.2 Å². The van der Waals surface area contributed by atoms with Crippen LogP contribution in [0.15, 0.2) is 12.1 Å². The highest BCUT2D eigenvalue weighted by Crippen LogP contribution is 2.64. The molecule has 0 amide bonds. The number of benzene rings is 1. The van der Waals surface area contributed by atoms with E-state index in [-0.39, 0.29) is 22.5 Å². The summed E-state index contributed by atoms with van der Waals surface area (Å²) in [6, 6.07) is 3.29. The normalized spacial score (nSPS) is 40.0. The molecular weight excluding hydrogens is 300 g/mol. The molecule has 4 atom stereocenters. The Morgan fingerprint density at radius 1 is 0.958 bits per heavy atom. The summed E-state index contributed by atoms with van der Waals surface area (Å²) in [6.45, 7) is 9.63. The van der Waals surface area contributed by atoms with Crippen LogP contribution in [0.1, 0.15) is 65.4 Å². The fourth-order valence-corrected chi connectivity index (χ4v) is 6.50. The maximum atomic E-state index is 9.91. The predicted molar refractivity (Wildman–Crippen MR) is 94.5 cm³/mol. The first kappa shape index (κ1) is 16.1. The van der Waals surface area contributed by atoms with Crippen molar-refractivity contribution in [2.45, 2.75) is 71.8 Å². The molecule has 2 aliphatic carbocycles. The van der Waals surface area contributed by atoms with E-state index in [0.29, 0.717) is 11.3 Å². The van der Waals surface area contributed by atoms with Crippen molar-refractivity contribution in [3.63, 3.8) is 0 Å². The first-order valence-corrected chi connectivity index (χ1v) is 9.40. The monoisotopic (exact) mass is 330 g/mol. The molecule has 132 valence electrons. The van der Waals surface area contributed by atoms with Crippen LogP contribution in [0, 0.1) is 22.7 Å². The second-order valence-electron chi connectivity index (χ2n) is 9.56. The molecular formula is C21H30O3. The third kappa shape index (κ3) is 2.09. The van der Waals surface area contributed by atoms with E-state index in [0.717, 1.165) is 30.1 Å². The molecule has 0 radical (unpaired) electrons. The minimum absolute atomic E-state index is 0.0394. The van der Waals surface area contributed by atoms with Gasteiger partial charge in [-0.3, -0.25) is 0 Å². The lowest BCUT2D eigenvalue weighted by molar-refractivity contribution is -0.162. The van der Waals surface area contributed by atoms with Crippen LogP contribution in [0.5, 0.6) is 17.2 Å². The second kappa shape index (κ2) is 4.83. The molecule has 3 nitrogen and oxygen atoms in total. The lowest BCUT2D eigenvalue weighted by Crippen LogP contribution is -2.61. The summed E-state index contributed by atoms with van der Waals surface area (Å²) in [7, 11) is 0. The van der Waals surface area contributed by atoms with Gasteiger partial charge in [-0.25, -0.2) is 0 Å². The zero-order valence-electron chi connectivity index (χ0n) is 15.4. The Kier molecular flexibility index (Phi) is 3.24. The lowest BCUT2D eigenvalue weighted by Gasteiger charge is -2.63. The topological polar surface area (TPSA) is 49.7 Å². The molecule has 3 aliphatic rings. The Morgan fingerprint density at radius 2 is 1.67 bits per heavy atom. The summed E-state index contributed by atoms with van der Waals surface area (Å²) < 4.78 is 6.47. The number of phenols is 2. The minimum Gasteiger partial charge on any atom is -0.504 e. The maximum absolute atomic E-state index is 9.91. The number of aromatic hydroxyl groups is 2. The number of ether oxygens (including phenoxy) is 1. The Morgan fingerprint density at radius 3 is 2.42 bits per heavy atom. The highest BCUT2D eigenvalue weighted by atomic mass is 16.5. The summed E-state index contributed by atoms with van der Waals surface area (Å²) in [4.78, 5) is 0. The summed E-state index contributed by atoms with van der Waals surface area (Å²) in [5.74, 6) is 1.81. The Hall–Kier alpha value is -1.38. The van der Waals surface area contributed by atoms with Crippen molar-refractivity contribution in [3.05, 3.63) is 17.7 Å². The van der Waals surface area contributed by atoms with Gasteiger partial charge in [-0.15, -0.1) is 0 Å². The Labute approximate surface area is 145 Å². The Bertz CT molecular complexity index is 680. The summed E-state index contributed by atoms with van der Waals surface area (Å²) in [6.07, 6.45) is 7.11. The molecule has 0 aromatic heterocycles. The molecule has 0 saturated heterocycles. The van der Waals surface area contributed by atoms with Crippen molar-refractivity contribution in [1.82, 2.24) is 0 Å². The van der Waals surface area contributed by atoms with Gasteiger partial charge in [-0.2, -0.15) is 0 Å². The average molecular weight is 330 g/mol. The van der Waals surface area contributed by atoms with E-state index in [1.165, 1.54) is 25.7 Å². The van der Waals surface area contributed by atoms with Crippen LogP contribution in [0.25, 0.3) is 0 Å². The highest BCUT2D eigenvalue weighted by Gasteiger charge is 2.60. The van der Waals surface area contributed by atoms with Crippen LogP contribution in [0.3, 0.4) is 0 Å². The standard InChI is InChI=1S/C21H30O3/c1-19(2)7-5-8-20(3)17(19)6-9-21(4)18(20)11-13-10-14(22)15(23)12-16(13)24-21/h10,12,17-18,22-23H,5-9,11H2,1-4H3/t17-,18+,20-,21-/m0/s1. The van der Waals surface area contributed by atoms with Crippen molar-refractivity contribution in [2.75, 3.05) is 0 Å². The molecule has 0 spiro atoms. The third-order valence-electron chi connectivity index (χ3n) is 7.66. The van der Waals surface area contributed by atoms with Gasteiger partial charge in [0, 0.05) is 12.0 Å². The average Bonchev–Trinajstić information content (AvgIpc) is 2.46. The van der Waals surface area contributed by atoms with Crippen LogP contribution in [-0.2, 0) is 6.42 Å². The van der Waals surface area contributed by atoms with E-state index >= 15 is 0 Å². The third-order valence-corrected chi connectivity index (χ3v) is 7.66. The van der Waals surface area contributed by atoms with Crippen LogP contribution >= 0.6 is 0 Å². The van der Waals surface area contributed by atoms with E-state index in [4.69, 9.17) is 4.74 Å². The molecule has 4 rings (SSSR count). The second-order valence-corrected chi connectivity index (χ2v) is 9.56. The van der Waals surface area contributed by atoms with Gasteiger partial charge >= 0.3 is 0 Å². The predicted octanol–water partition coefficient (Wildman–Crippen LogP) is 5.03. The zero-order valence-corrected chi connectivity index (χ0v) is 15.4. The lowest BCUT2D eigenvalue weighted by atomic mass is 9.44. The minimum atomic E-state index is -0.172. The van der Waals surface area contributed by atoms with Gasteiger partial charge in [-0.1, -0.05) is 27.2 Å². The van der Waals surface area contributed by atoms with Gasteiger partial charge in [0.15, 0.2) is 11.5 Å². The summed E-state index contributed by atoms with van der Waals surface area (Å²) in [5, 5.41) is 19.7. The van der Waals surface area contributed by atoms with Gasteiger partial charge in [0.05, 0.1) is 0 Å². The summed E-state index contributed by atoms with van der Waals surface area (Å²) in [5.41, 5.74) is 1.54. The van der Waals surface area contributed by atoms with Gasteiger partial charge in [0.1, 0.15) is 11.4 Å². The van der Waals surface area contributed by atoms with Crippen LogP contribution in [0.2, 0.25) is 0 Å². The summed E-state index contributed by atoms with van der Waals surface area (Å²) >= 11 is 0. The maximum Gasteiger partial charge on any atom is 0.161 e. The van der Waals surface area contributed by atoms with Crippen molar-refractivity contribution >= 4 is 0 Å². The quantitative estimate of drug-likeness (QED) is 0.656. The first-order chi connectivity index (χ1) is 11.2. The van der Waals surface area contributed by atoms with Gasteiger partial charge in [0.2, 0.25) is 0 Å². The largest absolute Gasteiger partial charge is 0.504 e. The fraction of sp³-hybridized carbons (Fsp3) is 0.714. The van der Waals surface area contributed by atoms with Crippen LogP contribution < -0.4 is 4.74 Å². The van der Waals surface area contributed by atoms with E-state index < -0.39 is 0 Å². The van der Waals surface area contributed by atoms with Gasteiger partial charge in [0.25, 0.3) is 0 Å². The highest BCUT2D eigenvalue weighted by molar-refractivity contribution is 5.50. The zero-order chi connectivity index (χ0) is 17.3. The van der Waals surface area contributed by atoms with Crippen molar-refractivity contribution in [2.24, 2.45) is 22.7 Å². The number of fused-ring (bicyclic) bond motifs is 4. The number of hydrogen-bond acceptors (Lipinski definition) is 3. The molecule has 3 heteroatoms. The molecule has 1 aromatic carbocycles. The van der Waals surface area contributed by atoms with Crippen molar-refractivity contribution in [1.29, 1.82) is 0 Å². The Balaban J connectivity index is 1.78. The molecule has 24 heavy (non-hydrogen) atoms. The van der Waals surface area contributed by atoms with Crippen molar-refractivity contribution < 1.29 is 14.9 Å². The van der Waals surface area contributed by atoms with E-state index in [1.54, 1.807) is 12.1 Å². The fourth-order valence-electron chi connectivity index (χ4n) is 6.50.